The van der Waals surface area contributed by atoms with Gasteiger partial charge in [0.1, 0.15) is 16.8 Å². The Balaban J connectivity index is 1.36. The summed E-state index contributed by atoms with van der Waals surface area (Å²) in [7, 11) is 1.70. The normalized spacial score (nSPS) is 16.5. The van der Waals surface area contributed by atoms with E-state index in [-0.39, 0.29) is 29.5 Å². The molecule has 0 bridgehead atoms. The SMILES string of the molecule is CN1COc2c(N3CCC(CN(c4cnccn4)c4cnccn4)C3)c(F)cc3c(=O)c(C(=O)O)cn1c23. The zero-order chi connectivity index (χ0) is 26.4. The summed E-state index contributed by atoms with van der Waals surface area (Å²) in [6.45, 7) is 1.69. The lowest BCUT2D eigenvalue weighted by atomic mass is 10.1. The monoisotopic (exact) mass is 518 g/mol. The van der Waals surface area contributed by atoms with Crippen LogP contribution in [0.15, 0.2) is 54.2 Å². The molecule has 0 spiro atoms. The van der Waals surface area contributed by atoms with Gasteiger partial charge in [-0.25, -0.2) is 19.2 Å². The van der Waals surface area contributed by atoms with Gasteiger partial charge in [-0.3, -0.25) is 24.4 Å². The van der Waals surface area contributed by atoms with Gasteiger partial charge in [-0.05, 0) is 18.4 Å². The molecule has 1 saturated heterocycles. The number of benzene rings is 1. The Bertz CT molecular complexity index is 1540. The van der Waals surface area contributed by atoms with Crippen LogP contribution >= 0.6 is 0 Å². The molecule has 13 heteroatoms. The molecule has 194 valence electrons. The van der Waals surface area contributed by atoms with Crippen molar-refractivity contribution in [1.82, 2.24) is 24.6 Å². The summed E-state index contributed by atoms with van der Waals surface area (Å²) in [4.78, 5) is 45.6. The van der Waals surface area contributed by atoms with E-state index in [1.165, 1.54) is 6.20 Å². The highest BCUT2D eigenvalue weighted by molar-refractivity contribution is 5.97. The first-order chi connectivity index (χ1) is 18.4. The maximum absolute atomic E-state index is 15.6. The van der Waals surface area contributed by atoms with Gasteiger partial charge in [0, 0.05) is 57.7 Å². The number of pyridine rings is 1. The van der Waals surface area contributed by atoms with Gasteiger partial charge in [-0.15, -0.1) is 0 Å². The maximum atomic E-state index is 15.6. The summed E-state index contributed by atoms with van der Waals surface area (Å²) in [6.07, 6.45) is 11.7. The molecule has 1 fully saturated rings. The second-order valence-corrected chi connectivity index (χ2v) is 9.22. The van der Waals surface area contributed by atoms with E-state index in [1.54, 1.807) is 53.9 Å². The van der Waals surface area contributed by atoms with Crippen molar-refractivity contribution in [3.05, 3.63) is 71.0 Å². The Kier molecular flexibility index (Phi) is 5.74. The van der Waals surface area contributed by atoms with Gasteiger partial charge in [0.05, 0.1) is 17.8 Å². The minimum Gasteiger partial charge on any atom is -0.477 e. The molecule has 0 aliphatic carbocycles. The largest absolute Gasteiger partial charge is 0.477 e. The van der Waals surface area contributed by atoms with Crippen LogP contribution in [0.2, 0.25) is 0 Å². The molecular formula is C25H23FN8O4. The van der Waals surface area contributed by atoms with Crippen molar-refractivity contribution < 1.29 is 19.0 Å². The zero-order valence-corrected chi connectivity index (χ0v) is 20.4. The van der Waals surface area contributed by atoms with Crippen molar-refractivity contribution in [2.45, 2.75) is 6.42 Å². The summed E-state index contributed by atoms with van der Waals surface area (Å²) in [5.74, 6) is -0.406. The molecule has 4 aromatic rings. The van der Waals surface area contributed by atoms with Gasteiger partial charge in [0.2, 0.25) is 5.43 Å². The van der Waals surface area contributed by atoms with Crippen molar-refractivity contribution in [3.8, 4) is 5.75 Å². The van der Waals surface area contributed by atoms with Crippen LogP contribution in [-0.2, 0) is 0 Å². The van der Waals surface area contributed by atoms with Crippen molar-refractivity contribution in [1.29, 1.82) is 0 Å². The highest BCUT2D eigenvalue weighted by Gasteiger charge is 2.33. The molecule has 1 unspecified atom stereocenters. The molecule has 12 nitrogen and oxygen atoms in total. The molecule has 0 radical (unpaired) electrons. The van der Waals surface area contributed by atoms with Crippen molar-refractivity contribution >= 4 is 34.2 Å². The molecule has 2 aliphatic heterocycles. The number of nitrogens with zero attached hydrogens (tertiary/aromatic N) is 8. The maximum Gasteiger partial charge on any atom is 0.341 e. The van der Waals surface area contributed by atoms with E-state index >= 15 is 4.39 Å². The first kappa shape index (κ1) is 23.6. The Morgan fingerprint density at radius 2 is 1.89 bits per heavy atom. The van der Waals surface area contributed by atoms with Gasteiger partial charge in [0.25, 0.3) is 0 Å². The molecule has 1 N–H and O–H groups in total. The molecule has 0 saturated carbocycles. The van der Waals surface area contributed by atoms with Gasteiger partial charge in [-0.1, -0.05) is 0 Å². The smallest absolute Gasteiger partial charge is 0.341 e. The number of carbonyl (C=O) groups is 1. The van der Waals surface area contributed by atoms with Gasteiger partial charge in [0.15, 0.2) is 29.9 Å². The fourth-order valence-corrected chi connectivity index (χ4v) is 5.08. The number of aromatic carboxylic acids is 1. The van der Waals surface area contributed by atoms with Crippen LogP contribution < -0.4 is 25.0 Å². The number of carboxylic acid groups (broad SMARTS) is 1. The second-order valence-electron chi connectivity index (χ2n) is 9.22. The minimum atomic E-state index is -1.37. The Labute approximate surface area is 215 Å². The van der Waals surface area contributed by atoms with E-state index in [9.17, 15) is 14.7 Å². The number of ether oxygens (including phenoxy) is 1. The third kappa shape index (κ3) is 3.92. The van der Waals surface area contributed by atoms with Gasteiger partial charge in [-0.2, -0.15) is 0 Å². The van der Waals surface area contributed by atoms with E-state index in [0.717, 1.165) is 12.5 Å². The number of hydrogen-bond donors (Lipinski definition) is 1. The van der Waals surface area contributed by atoms with E-state index < -0.39 is 22.8 Å². The molecular weight excluding hydrogens is 495 g/mol. The molecule has 6 rings (SSSR count). The molecule has 3 aromatic heterocycles. The third-order valence-electron chi connectivity index (χ3n) is 6.84. The standard InChI is InChI=1S/C25H23FN8O4/c1-31-14-38-24-21-16(23(35)17(25(36)37)13-34(21)31)8-18(26)22(24)32-7-2-15(11-32)12-33(19-9-27-3-5-29-19)20-10-28-4-6-30-20/h3-6,8-10,13,15H,2,7,11-12,14H2,1H3,(H,36,37). The number of anilines is 3. The predicted molar refractivity (Wildman–Crippen MR) is 136 cm³/mol. The van der Waals surface area contributed by atoms with Crippen LogP contribution in [-0.4, -0.2) is 69.1 Å². The molecule has 0 amide bonds. The number of rotatable bonds is 6. The van der Waals surface area contributed by atoms with Crippen LogP contribution in [0.4, 0.5) is 21.7 Å². The van der Waals surface area contributed by atoms with Crippen LogP contribution in [0.3, 0.4) is 0 Å². The lowest BCUT2D eigenvalue weighted by Gasteiger charge is -2.33. The number of halogens is 1. The fraction of sp³-hybridized carbons (Fsp3) is 0.280. The Morgan fingerprint density at radius 3 is 2.53 bits per heavy atom. The average molecular weight is 519 g/mol. The molecule has 1 atom stereocenters. The molecule has 2 aliphatic rings. The van der Waals surface area contributed by atoms with Crippen LogP contribution in [0.1, 0.15) is 16.8 Å². The Morgan fingerprint density at radius 1 is 1.18 bits per heavy atom. The van der Waals surface area contributed by atoms with Crippen LogP contribution in [0.25, 0.3) is 10.9 Å². The average Bonchev–Trinajstić information content (AvgIpc) is 3.39. The van der Waals surface area contributed by atoms with Crippen LogP contribution in [0.5, 0.6) is 5.75 Å². The van der Waals surface area contributed by atoms with Crippen molar-refractivity contribution in [2.24, 2.45) is 5.92 Å². The van der Waals surface area contributed by atoms with E-state index in [4.69, 9.17) is 4.74 Å². The summed E-state index contributed by atoms with van der Waals surface area (Å²) >= 11 is 0. The second kappa shape index (κ2) is 9.25. The zero-order valence-electron chi connectivity index (χ0n) is 20.4. The molecule has 1 aromatic carbocycles. The summed E-state index contributed by atoms with van der Waals surface area (Å²) in [6, 6.07) is 1.11. The Hall–Kier alpha value is -4.81. The third-order valence-corrected chi connectivity index (χ3v) is 6.84. The first-order valence-corrected chi connectivity index (χ1v) is 12.0. The lowest BCUT2D eigenvalue weighted by Crippen LogP contribution is -2.40. The fourth-order valence-electron chi connectivity index (χ4n) is 5.08. The van der Waals surface area contributed by atoms with E-state index in [0.29, 0.717) is 36.8 Å². The van der Waals surface area contributed by atoms with Gasteiger partial charge < -0.3 is 19.6 Å². The molecule has 5 heterocycles. The van der Waals surface area contributed by atoms with Gasteiger partial charge >= 0.3 is 5.97 Å². The van der Waals surface area contributed by atoms with E-state index in [1.807, 2.05) is 9.80 Å². The quantitative estimate of drug-likeness (QED) is 0.402. The lowest BCUT2D eigenvalue weighted by molar-refractivity contribution is 0.0694. The van der Waals surface area contributed by atoms with Crippen LogP contribution in [0, 0.1) is 11.7 Å². The topological polar surface area (TPSA) is 130 Å². The number of aromatic nitrogens is 5. The minimum absolute atomic E-state index is 0.0417. The summed E-state index contributed by atoms with van der Waals surface area (Å²) in [5, 5.41) is 11.1. The first-order valence-electron chi connectivity index (χ1n) is 12.0. The highest BCUT2D eigenvalue weighted by Crippen LogP contribution is 2.42. The van der Waals surface area contributed by atoms with Crippen molar-refractivity contribution in [2.75, 3.05) is 48.2 Å². The summed E-state index contributed by atoms with van der Waals surface area (Å²) < 4.78 is 23.1. The summed E-state index contributed by atoms with van der Waals surface area (Å²) in [5.41, 5.74) is -0.583. The predicted octanol–water partition coefficient (Wildman–Crippen LogP) is 2.00. The van der Waals surface area contributed by atoms with Crippen molar-refractivity contribution in [3.63, 3.8) is 0 Å². The molecule has 38 heavy (non-hydrogen) atoms. The van der Waals surface area contributed by atoms with E-state index in [2.05, 4.69) is 19.9 Å². The number of hydrogen-bond acceptors (Lipinski definition) is 10. The number of carboxylic acids is 1. The highest BCUT2D eigenvalue weighted by atomic mass is 19.1.